The van der Waals surface area contributed by atoms with E-state index in [1.165, 1.54) is 4.57 Å². The predicted octanol–water partition coefficient (Wildman–Crippen LogP) is 1.85. The van der Waals surface area contributed by atoms with E-state index in [0.717, 1.165) is 0 Å². The third-order valence-electron chi connectivity index (χ3n) is 3.44. The maximum atomic E-state index is 12.3. The normalized spacial score (nSPS) is 9.74. The highest BCUT2D eigenvalue weighted by atomic mass is 16.2. The summed E-state index contributed by atoms with van der Waals surface area (Å²) in [6, 6.07) is 12.1. The predicted molar refractivity (Wildman–Crippen MR) is 84.7 cm³/mol. The third kappa shape index (κ3) is 3.28. The summed E-state index contributed by atoms with van der Waals surface area (Å²) in [6.45, 7) is 3.16. The summed E-state index contributed by atoms with van der Waals surface area (Å²) < 4.78 is 1.25. The van der Waals surface area contributed by atoms with Crippen LogP contribution >= 0.6 is 0 Å². The molecule has 1 aromatic heterocycles. The standard InChI is InChI=1S/C17H14N4O2/c1-11-7-12(2)21(17(23)14(11)9-19)10-16(22)20-15-6-4-3-5-13(15)8-18/h3-7H,10H2,1-2H3,(H,20,22). The Morgan fingerprint density at radius 3 is 2.57 bits per heavy atom. The van der Waals surface area contributed by atoms with Crippen LogP contribution in [0.5, 0.6) is 0 Å². The van der Waals surface area contributed by atoms with Gasteiger partial charge in [-0.25, -0.2) is 0 Å². The molecule has 0 atom stereocenters. The van der Waals surface area contributed by atoms with Gasteiger partial charge >= 0.3 is 0 Å². The number of hydrogen-bond donors (Lipinski definition) is 1. The number of hydrogen-bond acceptors (Lipinski definition) is 4. The third-order valence-corrected chi connectivity index (χ3v) is 3.44. The highest BCUT2D eigenvalue weighted by Gasteiger charge is 2.13. The van der Waals surface area contributed by atoms with Crippen LogP contribution in [0, 0.1) is 36.5 Å². The molecule has 114 valence electrons. The lowest BCUT2D eigenvalue weighted by Gasteiger charge is -2.12. The topological polar surface area (TPSA) is 98.7 Å². The summed E-state index contributed by atoms with van der Waals surface area (Å²) in [6.07, 6.45) is 0. The number of nitriles is 2. The monoisotopic (exact) mass is 306 g/mol. The molecule has 2 aromatic rings. The Labute approximate surface area is 133 Å². The molecule has 0 aliphatic heterocycles. The van der Waals surface area contributed by atoms with Gasteiger partial charge in [-0.3, -0.25) is 9.59 Å². The van der Waals surface area contributed by atoms with Gasteiger partial charge in [0, 0.05) is 5.69 Å². The molecule has 23 heavy (non-hydrogen) atoms. The van der Waals surface area contributed by atoms with Crippen molar-refractivity contribution >= 4 is 11.6 Å². The van der Waals surface area contributed by atoms with Gasteiger partial charge in [-0.15, -0.1) is 0 Å². The molecule has 0 aliphatic carbocycles. The number of aryl methyl sites for hydroxylation is 2. The van der Waals surface area contributed by atoms with Gasteiger partial charge in [0.2, 0.25) is 5.91 Å². The fourth-order valence-electron chi connectivity index (χ4n) is 2.28. The molecule has 0 radical (unpaired) electrons. The van der Waals surface area contributed by atoms with Crippen molar-refractivity contribution in [1.29, 1.82) is 10.5 Å². The van der Waals surface area contributed by atoms with Gasteiger partial charge in [0.25, 0.3) is 5.56 Å². The van der Waals surface area contributed by atoms with Gasteiger partial charge in [-0.1, -0.05) is 12.1 Å². The van der Waals surface area contributed by atoms with Gasteiger partial charge in [-0.2, -0.15) is 10.5 Å². The lowest BCUT2D eigenvalue weighted by Crippen LogP contribution is -2.31. The van der Waals surface area contributed by atoms with Crippen molar-refractivity contribution in [3.05, 3.63) is 63.1 Å². The van der Waals surface area contributed by atoms with E-state index in [-0.39, 0.29) is 12.1 Å². The van der Waals surface area contributed by atoms with Crippen LogP contribution in [0.2, 0.25) is 0 Å². The Bertz CT molecular complexity index is 914. The maximum Gasteiger partial charge on any atom is 0.269 e. The van der Waals surface area contributed by atoms with Crippen LogP contribution in [0.4, 0.5) is 5.69 Å². The number of carbonyl (C=O) groups excluding carboxylic acids is 1. The second-order valence-corrected chi connectivity index (χ2v) is 5.05. The van der Waals surface area contributed by atoms with Crippen LogP contribution in [-0.2, 0) is 11.3 Å². The van der Waals surface area contributed by atoms with E-state index in [9.17, 15) is 9.59 Å². The Morgan fingerprint density at radius 1 is 1.22 bits per heavy atom. The largest absolute Gasteiger partial charge is 0.323 e. The van der Waals surface area contributed by atoms with Gasteiger partial charge in [0.15, 0.2) is 0 Å². The maximum absolute atomic E-state index is 12.3. The molecule has 6 nitrogen and oxygen atoms in total. The fourth-order valence-corrected chi connectivity index (χ4v) is 2.28. The number of nitrogens with one attached hydrogen (secondary N) is 1. The lowest BCUT2D eigenvalue weighted by atomic mass is 10.1. The average molecular weight is 306 g/mol. The fraction of sp³-hybridized carbons (Fsp3) is 0.176. The van der Waals surface area contributed by atoms with Crippen LogP contribution in [0.3, 0.4) is 0 Å². The lowest BCUT2D eigenvalue weighted by molar-refractivity contribution is -0.116. The number of rotatable bonds is 3. The summed E-state index contributed by atoms with van der Waals surface area (Å²) >= 11 is 0. The first-order chi connectivity index (χ1) is 11.0. The quantitative estimate of drug-likeness (QED) is 0.935. The summed E-state index contributed by atoms with van der Waals surface area (Å²) in [4.78, 5) is 24.4. The van der Waals surface area contributed by atoms with E-state index in [4.69, 9.17) is 10.5 Å². The average Bonchev–Trinajstić information content (AvgIpc) is 2.52. The van der Waals surface area contributed by atoms with E-state index in [0.29, 0.717) is 22.5 Å². The zero-order chi connectivity index (χ0) is 17.0. The minimum atomic E-state index is -0.492. The summed E-state index contributed by atoms with van der Waals surface area (Å²) in [7, 11) is 0. The highest BCUT2D eigenvalue weighted by Crippen LogP contribution is 2.13. The molecule has 1 N–H and O–H groups in total. The second kappa shape index (κ2) is 6.59. The number of aromatic nitrogens is 1. The van der Waals surface area contributed by atoms with Crippen molar-refractivity contribution in [2.75, 3.05) is 5.32 Å². The molecule has 0 spiro atoms. The molecule has 1 heterocycles. The number of nitrogens with zero attached hydrogens (tertiary/aromatic N) is 3. The number of amides is 1. The van der Waals surface area contributed by atoms with Crippen molar-refractivity contribution < 1.29 is 4.79 Å². The van der Waals surface area contributed by atoms with Crippen LogP contribution in [0.15, 0.2) is 35.1 Å². The van der Waals surface area contributed by atoms with Gasteiger partial charge in [-0.05, 0) is 37.6 Å². The first-order valence-electron chi connectivity index (χ1n) is 6.88. The number of anilines is 1. The molecule has 2 rings (SSSR count). The van der Waals surface area contributed by atoms with Gasteiger partial charge in [0.1, 0.15) is 24.2 Å². The number of para-hydroxylation sites is 1. The molecule has 0 unspecified atom stereocenters. The van der Waals surface area contributed by atoms with E-state index in [1.54, 1.807) is 44.2 Å². The Morgan fingerprint density at radius 2 is 1.91 bits per heavy atom. The number of pyridine rings is 1. The molecule has 1 aromatic carbocycles. The second-order valence-electron chi connectivity index (χ2n) is 5.05. The molecule has 0 saturated heterocycles. The van der Waals surface area contributed by atoms with E-state index < -0.39 is 11.5 Å². The minimum absolute atomic E-state index is 0.0285. The van der Waals surface area contributed by atoms with Crippen molar-refractivity contribution in [1.82, 2.24) is 4.57 Å². The molecule has 0 fully saturated rings. The van der Waals surface area contributed by atoms with Crippen LogP contribution in [0.1, 0.15) is 22.4 Å². The molecule has 0 saturated carbocycles. The number of benzene rings is 1. The zero-order valence-corrected chi connectivity index (χ0v) is 12.8. The smallest absolute Gasteiger partial charge is 0.269 e. The molecule has 0 bridgehead atoms. The molecule has 1 amide bonds. The van der Waals surface area contributed by atoms with Gasteiger partial charge < -0.3 is 9.88 Å². The van der Waals surface area contributed by atoms with Crippen LogP contribution in [0.25, 0.3) is 0 Å². The van der Waals surface area contributed by atoms with Crippen molar-refractivity contribution in [3.63, 3.8) is 0 Å². The van der Waals surface area contributed by atoms with Crippen molar-refractivity contribution in [2.45, 2.75) is 20.4 Å². The Kier molecular flexibility index (Phi) is 4.58. The Balaban J connectivity index is 2.30. The summed E-state index contributed by atoms with van der Waals surface area (Å²) in [5, 5.41) is 20.7. The zero-order valence-electron chi connectivity index (χ0n) is 12.8. The van der Waals surface area contributed by atoms with Crippen molar-refractivity contribution in [2.24, 2.45) is 0 Å². The molecular weight excluding hydrogens is 292 g/mol. The molecule has 6 heteroatoms. The first kappa shape index (κ1) is 16.0. The Hall–Kier alpha value is -3.38. The molecular formula is C17H14N4O2. The SMILES string of the molecule is Cc1cc(C)n(CC(=O)Nc2ccccc2C#N)c(=O)c1C#N. The molecule has 0 aliphatic rings. The summed E-state index contributed by atoms with van der Waals surface area (Å²) in [5.41, 5.74) is 1.44. The van der Waals surface area contributed by atoms with Gasteiger partial charge in [0.05, 0.1) is 11.3 Å². The highest BCUT2D eigenvalue weighted by molar-refractivity contribution is 5.92. The van der Waals surface area contributed by atoms with E-state index in [2.05, 4.69) is 5.32 Å². The van der Waals surface area contributed by atoms with Crippen LogP contribution in [-0.4, -0.2) is 10.5 Å². The number of carbonyl (C=O) groups is 1. The first-order valence-corrected chi connectivity index (χ1v) is 6.88. The van der Waals surface area contributed by atoms with Crippen LogP contribution < -0.4 is 10.9 Å². The van der Waals surface area contributed by atoms with E-state index in [1.807, 2.05) is 12.1 Å². The van der Waals surface area contributed by atoms with E-state index >= 15 is 0 Å². The summed E-state index contributed by atoms with van der Waals surface area (Å²) in [5.74, 6) is -0.439. The van der Waals surface area contributed by atoms with Crippen molar-refractivity contribution in [3.8, 4) is 12.1 Å². The minimum Gasteiger partial charge on any atom is -0.323 e.